The molecule has 0 unspecified atom stereocenters. The monoisotopic (exact) mass is 472 g/mol. The second kappa shape index (κ2) is 9.40. The Bertz CT molecular complexity index is 1220. The summed E-state index contributed by atoms with van der Waals surface area (Å²) in [6.07, 6.45) is 0. The fraction of sp³-hybridized carbons (Fsp3) is 0.391. The Hall–Kier alpha value is -3.11. The van der Waals surface area contributed by atoms with Gasteiger partial charge in [0.05, 0.1) is 17.4 Å². The van der Waals surface area contributed by atoms with Crippen LogP contribution < -0.4 is 4.74 Å². The summed E-state index contributed by atoms with van der Waals surface area (Å²) in [5.41, 5.74) is 1.58. The van der Waals surface area contributed by atoms with Crippen LogP contribution in [0.3, 0.4) is 0 Å². The molecular weight excluding hydrogens is 447 g/mol. The summed E-state index contributed by atoms with van der Waals surface area (Å²) in [5, 5.41) is 0.723. The van der Waals surface area contributed by atoms with E-state index in [1.807, 2.05) is 6.92 Å². The van der Waals surface area contributed by atoms with E-state index in [1.165, 1.54) is 24.5 Å². The van der Waals surface area contributed by atoms with Gasteiger partial charge in [0.2, 0.25) is 5.88 Å². The molecular formula is C23H25FN4O4S. The standard InChI is InChI=1S/C23H25FN4O4S/c1-13-5-6-15(11-16(13)24)22(29)27-7-9-28(10-8-27)23(30)19-14(2)18-20(32-4)25-17(12-31-3)26-21(18)33-19/h5-6,11H,7-10,12H2,1-4H3. The van der Waals surface area contributed by atoms with Crippen LogP contribution in [0, 0.1) is 19.7 Å². The largest absolute Gasteiger partial charge is 0.480 e. The number of carbonyl (C=O) groups excluding carboxylic acids is 2. The number of carbonyl (C=O) groups is 2. The van der Waals surface area contributed by atoms with Crippen LogP contribution in [-0.4, -0.2) is 72.0 Å². The van der Waals surface area contributed by atoms with Crippen LogP contribution in [-0.2, 0) is 11.3 Å². The number of halogens is 1. The molecule has 0 radical (unpaired) electrons. The smallest absolute Gasteiger partial charge is 0.264 e. The first kappa shape index (κ1) is 23.1. The van der Waals surface area contributed by atoms with E-state index in [1.54, 1.807) is 36.0 Å². The molecule has 3 heterocycles. The summed E-state index contributed by atoms with van der Waals surface area (Å²) in [7, 11) is 3.10. The minimum absolute atomic E-state index is 0.112. The number of ether oxygens (including phenoxy) is 2. The lowest BCUT2D eigenvalue weighted by Gasteiger charge is -2.34. The first-order valence-electron chi connectivity index (χ1n) is 10.5. The molecule has 2 aromatic heterocycles. The molecule has 0 saturated carbocycles. The van der Waals surface area contributed by atoms with Crippen molar-refractivity contribution in [3.63, 3.8) is 0 Å². The summed E-state index contributed by atoms with van der Waals surface area (Å²) in [5.74, 6) is 0.161. The van der Waals surface area contributed by atoms with Crippen LogP contribution >= 0.6 is 11.3 Å². The Balaban J connectivity index is 1.51. The fourth-order valence-corrected chi connectivity index (χ4v) is 5.01. The number of aryl methyl sites for hydroxylation is 2. The molecule has 4 rings (SSSR count). The molecule has 1 fully saturated rings. The summed E-state index contributed by atoms with van der Waals surface area (Å²) in [6.45, 7) is 5.31. The van der Waals surface area contributed by atoms with Gasteiger partial charge in [-0.2, -0.15) is 4.98 Å². The Morgan fingerprint density at radius 1 is 1.06 bits per heavy atom. The molecule has 3 aromatic rings. The number of nitrogens with zero attached hydrogens (tertiary/aromatic N) is 4. The predicted molar refractivity (Wildman–Crippen MR) is 122 cm³/mol. The van der Waals surface area contributed by atoms with Gasteiger partial charge in [0.15, 0.2) is 5.82 Å². The molecule has 1 aliphatic rings. The summed E-state index contributed by atoms with van der Waals surface area (Å²) >= 11 is 1.30. The van der Waals surface area contributed by atoms with Gasteiger partial charge in [-0.25, -0.2) is 9.37 Å². The van der Waals surface area contributed by atoms with Crippen molar-refractivity contribution < 1.29 is 23.5 Å². The zero-order valence-corrected chi connectivity index (χ0v) is 19.8. The highest BCUT2D eigenvalue weighted by Crippen LogP contribution is 2.35. The van der Waals surface area contributed by atoms with Gasteiger partial charge in [0.25, 0.3) is 11.8 Å². The van der Waals surface area contributed by atoms with Crippen molar-refractivity contribution in [2.24, 2.45) is 0 Å². The Kier molecular flexibility index (Phi) is 6.57. The highest BCUT2D eigenvalue weighted by Gasteiger charge is 2.29. The van der Waals surface area contributed by atoms with E-state index in [0.717, 1.165) is 10.9 Å². The Morgan fingerprint density at radius 2 is 1.73 bits per heavy atom. The number of benzene rings is 1. The van der Waals surface area contributed by atoms with Crippen molar-refractivity contribution in [3.8, 4) is 5.88 Å². The molecule has 0 atom stereocenters. The summed E-state index contributed by atoms with van der Waals surface area (Å²) < 4.78 is 24.4. The first-order valence-corrected chi connectivity index (χ1v) is 11.3. The number of methoxy groups -OCH3 is 2. The maximum Gasteiger partial charge on any atom is 0.264 e. The molecule has 174 valence electrons. The van der Waals surface area contributed by atoms with E-state index >= 15 is 0 Å². The van der Waals surface area contributed by atoms with Gasteiger partial charge in [-0.3, -0.25) is 9.59 Å². The number of thiophene rings is 1. The summed E-state index contributed by atoms with van der Waals surface area (Å²) in [6, 6.07) is 4.49. The molecule has 0 bridgehead atoms. The molecule has 33 heavy (non-hydrogen) atoms. The minimum atomic E-state index is -0.401. The second-order valence-corrected chi connectivity index (χ2v) is 8.87. The third kappa shape index (κ3) is 4.40. The number of fused-ring (bicyclic) bond motifs is 1. The molecule has 0 spiro atoms. The van der Waals surface area contributed by atoms with Crippen LogP contribution in [0.1, 0.15) is 37.0 Å². The number of aromatic nitrogens is 2. The zero-order valence-electron chi connectivity index (χ0n) is 19.0. The van der Waals surface area contributed by atoms with Crippen LogP contribution in [0.25, 0.3) is 10.2 Å². The molecule has 1 aromatic carbocycles. The predicted octanol–water partition coefficient (Wildman–Crippen LogP) is 3.20. The quantitative estimate of drug-likeness (QED) is 0.567. The van der Waals surface area contributed by atoms with Crippen LogP contribution in [0.15, 0.2) is 18.2 Å². The third-order valence-corrected chi connectivity index (χ3v) is 6.91. The highest BCUT2D eigenvalue weighted by molar-refractivity contribution is 7.20. The fourth-order valence-electron chi connectivity index (χ4n) is 3.85. The lowest BCUT2D eigenvalue weighted by molar-refractivity contribution is 0.0537. The lowest BCUT2D eigenvalue weighted by Crippen LogP contribution is -2.50. The second-order valence-electron chi connectivity index (χ2n) is 7.87. The number of hydrogen-bond donors (Lipinski definition) is 0. The number of hydrogen-bond acceptors (Lipinski definition) is 7. The van der Waals surface area contributed by atoms with Crippen molar-refractivity contribution in [1.29, 1.82) is 0 Å². The van der Waals surface area contributed by atoms with E-state index < -0.39 is 5.82 Å². The van der Waals surface area contributed by atoms with Crippen molar-refractivity contribution in [2.75, 3.05) is 40.4 Å². The average molecular weight is 473 g/mol. The zero-order chi connectivity index (χ0) is 23.7. The van der Waals surface area contributed by atoms with Gasteiger partial charge < -0.3 is 19.3 Å². The molecule has 1 saturated heterocycles. The molecule has 10 heteroatoms. The maximum atomic E-state index is 13.9. The van der Waals surface area contributed by atoms with E-state index in [0.29, 0.717) is 58.7 Å². The molecule has 1 aliphatic heterocycles. The first-order chi connectivity index (χ1) is 15.8. The highest BCUT2D eigenvalue weighted by atomic mass is 32.1. The van der Waals surface area contributed by atoms with Crippen molar-refractivity contribution >= 4 is 33.4 Å². The third-order valence-electron chi connectivity index (χ3n) is 5.74. The maximum absolute atomic E-state index is 13.9. The topological polar surface area (TPSA) is 84.9 Å². The van der Waals surface area contributed by atoms with Gasteiger partial charge in [-0.1, -0.05) is 6.07 Å². The Morgan fingerprint density at radius 3 is 2.33 bits per heavy atom. The minimum Gasteiger partial charge on any atom is -0.480 e. The van der Waals surface area contributed by atoms with E-state index in [4.69, 9.17) is 9.47 Å². The van der Waals surface area contributed by atoms with Crippen LogP contribution in [0.2, 0.25) is 0 Å². The Labute approximate surface area is 194 Å². The van der Waals surface area contributed by atoms with E-state index in [9.17, 15) is 14.0 Å². The van der Waals surface area contributed by atoms with E-state index in [-0.39, 0.29) is 18.4 Å². The van der Waals surface area contributed by atoms with Gasteiger partial charge in [0, 0.05) is 38.9 Å². The van der Waals surface area contributed by atoms with Gasteiger partial charge in [0.1, 0.15) is 17.3 Å². The van der Waals surface area contributed by atoms with Gasteiger partial charge in [-0.05, 0) is 37.1 Å². The van der Waals surface area contributed by atoms with Gasteiger partial charge in [-0.15, -0.1) is 11.3 Å². The number of piperazine rings is 1. The normalized spacial score (nSPS) is 14.1. The molecule has 0 aliphatic carbocycles. The molecule has 2 amide bonds. The van der Waals surface area contributed by atoms with E-state index in [2.05, 4.69) is 9.97 Å². The number of rotatable bonds is 5. The lowest BCUT2D eigenvalue weighted by atomic mass is 10.1. The molecule has 0 N–H and O–H groups in total. The van der Waals surface area contributed by atoms with Crippen molar-refractivity contribution in [3.05, 3.63) is 51.4 Å². The number of amides is 2. The average Bonchev–Trinajstić information content (AvgIpc) is 3.16. The summed E-state index contributed by atoms with van der Waals surface area (Å²) in [4.78, 5) is 39.6. The molecule has 8 nitrogen and oxygen atoms in total. The van der Waals surface area contributed by atoms with Crippen LogP contribution in [0.4, 0.5) is 4.39 Å². The van der Waals surface area contributed by atoms with Crippen molar-refractivity contribution in [2.45, 2.75) is 20.5 Å². The van der Waals surface area contributed by atoms with Gasteiger partial charge >= 0.3 is 0 Å². The van der Waals surface area contributed by atoms with Crippen molar-refractivity contribution in [1.82, 2.24) is 19.8 Å². The van der Waals surface area contributed by atoms with Crippen LogP contribution in [0.5, 0.6) is 5.88 Å². The SMILES string of the molecule is COCc1nc(OC)c2c(C)c(C(=O)N3CCN(C(=O)c4ccc(C)c(F)c4)CC3)sc2n1.